The van der Waals surface area contributed by atoms with Crippen LogP contribution in [0.2, 0.25) is 0 Å². The number of rotatable bonds is 2. The Morgan fingerprint density at radius 2 is 1.93 bits per heavy atom. The van der Waals surface area contributed by atoms with Crippen LogP contribution in [0.3, 0.4) is 0 Å². The second kappa shape index (κ2) is 4.51. The van der Waals surface area contributed by atoms with Gasteiger partial charge in [-0.05, 0) is 17.2 Å². The maximum Gasteiger partial charge on any atom is 0.118 e. The maximum absolute atomic E-state index is 10.8. The van der Waals surface area contributed by atoms with Gasteiger partial charge in [-0.15, -0.1) is 4.91 Å². The first kappa shape index (κ1) is 9.59. The first-order valence-corrected chi connectivity index (χ1v) is 4.87. The number of hydrogen-bond acceptors (Lipinski definition) is 2. The Balaban J connectivity index is 2.44. The lowest BCUT2D eigenvalue weighted by Gasteiger charge is -2.06. The van der Waals surface area contributed by atoms with Gasteiger partial charge in [0, 0.05) is 5.56 Å². The average Bonchev–Trinajstić information content (AvgIpc) is 2.33. The van der Waals surface area contributed by atoms with Crippen LogP contribution < -0.4 is 0 Å². The van der Waals surface area contributed by atoms with Crippen LogP contribution in [0.25, 0.3) is 5.70 Å². The van der Waals surface area contributed by atoms with Gasteiger partial charge in [0.15, 0.2) is 0 Å². The van der Waals surface area contributed by atoms with E-state index in [1.807, 2.05) is 54.6 Å². The normalized spacial score (nSPS) is 17.6. The summed E-state index contributed by atoms with van der Waals surface area (Å²) in [7, 11) is 0. The van der Waals surface area contributed by atoms with Crippen LogP contribution >= 0.6 is 0 Å². The summed E-state index contributed by atoms with van der Waals surface area (Å²) in [6.45, 7) is 0. The molecule has 0 heterocycles. The molecule has 2 rings (SSSR count). The molecule has 1 aromatic carbocycles. The highest BCUT2D eigenvalue weighted by Crippen LogP contribution is 2.24. The highest BCUT2D eigenvalue weighted by molar-refractivity contribution is 5.70. The van der Waals surface area contributed by atoms with E-state index in [9.17, 15) is 4.91 Å². The minimum Gasteiger partial charge on any atom is -0.145 e. The van der Waals surface area contributed by atoms with Crippen molar-refractivity contribution < 1.29 is 0 Å². The maximum atomic E-state index is 10.8. The van der Waals surface area contributed by atoms with Gasteiger partial charge in [0.25, 0.3) is 0 Å². The zero-order chi connectivity index (χ0) is 10.5. The zero-order valence-electron chi connectivity index (χ0n) is 8.26. The molecule has 74 valence electrons. The molecule has 0 aliphatic heterocycles. The van der Waals surface area contributed by atoms with Crippen LogP contribution in [0.1, 0.15) is 12.0 Å². The molecule has 1 aliphatic carbocycles. The van der Waals surface area contributed by atoms with Gasteiger partial charge >= 0.3 is 0 Å². The second-order valence-electron chi connectivity index (χ2n) is 3.32. The van der Waals surface area contributed by atoms with Crippen LogP contribution in [0.5, 0.6) is 0 Å². The van der Waals surface area contributed by atoms with Gasteiger partial charge in [-0.3, -0.25) is 0 Å². The molecule has 0 spiro atoms. The van der Waals surface area contributed by atoms with E-state index in [1.165, 1.54) is 0 Å². The van der Waals surface area contributed by atoms with Crippen molar-refractivity contribution in [3.8, 4) is 0 Å². The molecular weight excluding hydrogens is 186 g/mol. The Morgan fingerprint density at radius 1 is 1.13 bits per heavy atom. The number of benzene rings is 1. The highest BCUT2D eigenvalue weighted by atomic mass is 16.3. The van der Waals surface area contributed by atoms with Crippen molar-refractivity contribution in [3.63, 3.8) is 0 Å². The van der Waals surface area contributed by atoms with E-state index in [-0.39, 0.29) is 0 Å². The van der Waals surface area contributed by atoms with Crippen molar-refractivity contribution in [1.29, 1.82) is 0 Å². The quantitative estimate of drug-likeness (QED) is 0.665. The predicted octanol–water partition coefficient (Wildman–Crippen LogP) is 3.68. The topological polar surface area (TPSA) is 29.4 Å². The monoisotopic (exact) mass is 197 g/mol. The molecule has 15 heavy (non-hydrogen) atoms. The van der Waals surface area contributed by atoms with Crippen LogP contribution in [-0.4, -0.2) is 0 Å². The molecule has 0 saturated heterocycles. The van der Waals surface area contributed by atoms with Gasteiger partial charge in [0.2, 0.25) is 0 Å². The van der Waals surface area contributed by atoms with Crippen molar-refractivity contribution in [2.24, 2.45) is 5.18 Å². The van der Waals surface area contributed by atoms with Crippen molar-refractivity contribution in [2.45, 2.75) is 6.42 Å². The molecule has 0 saturated carbocycles. The van der Waals surface area contributed by atoms with Gasteiger partial charge in [-0.2, -0.15) is 0 Å². The number of nitrogens with zero attached hydrogens (tertiary/aromatic N) is 1. The van der Waals surface area contributed by atoms with Crippen molar-refractivity contribution >= 4 is 5.70 Å². The van der Waals surface area contributed by atoms with Crippen LogP contribution in [0, 0.1) is 4.91 Å². The van der Waals surface area contributed by atoms with Gasteiger partial charge in [-0.25, -0.2) is 0 Å². The Bertz CT molecular complexity index is 441. The van der Waals surface area contributed by atoms with E-state index in [4.69, 9.17) is 0 Å². The van der Waals surface area contributed by atoms with Crippen molar-refractivity contribution in [3.05, 3.63) is 70.7 Å². The molecule has 0 amide bonds. The van der Waals surface area contributed by atoms with E-state index in [2.05, 4.69) is 5.18 Å². The third-order valence-electron chi connectivity index (χ3n) is 2.33. The molecule has 0 N–H and O–H groups in total. The van der Waals surface area contributed by atoms with Crippen LogP contribution in [-0.2, 0) is 0 Å². The minimum atomic E-state index is 0.538. The smallest absolute Gasteiger partial charge is 0.118 e. The van der Waals surface area contributed by atoms with Crippen LogP contribution in [0.15, 0.2) is 65.4 Å². The summed E-state index contributed by atoms with van der Waals surface area (Å²) in [4.78, 5) is 10.8. The van der Waals surface area contributed by atoms with E-state index >= 15 is 0 Å². The molecule has 0 bridgehead atoms. The number of nitroso groups, excluding NO2 is 1. The molecule has 1 aromatic rings. The van der Waals surface area contributed by atoms with E-state index in [1.54, 1.807) is 0 Å². The van der Waals surface area contributed by atoms with E-state index < -0.39 is 0 Å². The largest absolute Gasteiger partial charge is 0.145 e. The number of hydrogen-bond donors (Lipinski definition) is 0. The molecule has 0 fully saturated rings. The predicted molar refractivity (Wildman–Crippen MR) is 62.1 cm³/mol. The summed E-state index contributed by atoms with van der Waals surface area (Å²) in [5, 5.41) is 3.13. The molecule has 0 atom stereocenters. The lowest BCUT2D eigenvalue weighted by Crippen LogP contribution is -1.88. The first-order chi connectivity index (χ1) is 7.42. The van der Waals surface area contributed by atoms with Crippen molar-refractivity contribution in [1.82, 2.24) is 0 Å². The molecule has 2 nitrogen and oxygen atoms in total. The first-order valence-electron chi connectivity index (χ1n) is 4.87. The fraction of sp³-hybridized carbons (Fsp3) is 0.0769. The molecule has 0 aromatic heterocycles. The van der Waals surface area contributed by atoms with Gasteiger partial charge in [0.05, 0.1) is 0 Å². The average molecular weight is 197 g/mol. The highest BCUT2D eigenvalue weighted by Gasteiger charge is 2.07. The van der Waals surface area contributed by atoms with Crippen molar-refractivity contribution in [2.75, 3.05) is 0 Å². The van der Waals surface area contributed by atoms with E-state index in [0.717, 1.165) is 17.6 Å². The molecular formula is C13H11NO. The number of allylic oxidation sites excluding steroid dienone is 5. The summed E-state index contributed by atoms with van der Waals surface area (Å²) in [5.74, 6) is 0. The molecule has 2 heteroatoms. The van der Waals surface area contributed by atoms with E-state index in [0.29, 0.717) is 5.70 Å². The summed E-state index contributed by atoms with van der Waals surface area (Å²) in [6, 6.07) is 9.53. The Hall–Kier alpha value is -1.96. The Labute approximate surface area is 88.6 Å². The van der Waals surface area contributed by atoms with Gasteiger partial charge < -0.3 is 0 Å². The summed E-state index contributed by atoms with van der Waals surface area (Å²) in [5.41, 5.74) is 2.39. The summed E-state index contributed by atoms with van der Waals surface area (Å²) < 4.78 is 0. The molecule has 0 radical (unpaired) electrons. The second-order valence-corrected chi connectivity index (χ2v) is 3.32. The lowest BCUT2D eigenvalue weighted by atomic mass is 10.0. The fourth-order valence-electron chi connectivity index (χ4n) is 1.58. The Kier molecular flexibility index (Phi) is 2.88. The van der Waals surface area contributed by atoms with Gasteiger partial charge in [0.1, 0.15) is 5.70 Å². The SMILES string of the molecule is O=N/C(=C1/C=CC=CC1)c1ccccc1. The van der Waals surface area contributed by atoms with Crippen LogP contribution in [0.4, 0.5) is 0 Å². The third-order valence-corrected chi connectivity index (χ3v) is 2.33. The lowest BCUT2D eigenvalue weighted by molar-refractivity contribution is 1.24. The Morgan fingerprint density at radius 3 is 2.53 bits per heavy atom. The third kappa shape index (κ3) is 2.10. The minimum absolute atomic E-state index is 0.538. The van der Waals surface area contributed by atoms with Gasteiger partial charge in [-0.1, -0.05) is 54.6 Å². The zero-order valence-corrected chi connectivity index (χ0v) is 8.26. The summed E-state index contributed by atoms with van der Waals surface area (Å²) >= 11 is 0. The standard InChI is InChI=1S/C13H11NO/c15-14-13(11-7-3-1-4-8-11)12-9-5-2-6-10-12/h1-9H,10H2/b13-12-. The molecule has 1 aliphatic rings. The summed E-state index contributed by atoms with van der Waals surface area (Å²) in [6.07, 6.45) is 8.61. The molecule has 0 unspecified atom stereocenters. The fourth-order valence-corrected chi connectivity index (χ4v) is 1.58.